The largest absolute Gasteiger partial charge is 0.379 e. The number of benzene rings is 1. The molecule has 1 aromatic heterocycles. The number of aromatic nitrogens is 1. The second-order valence-electron chi connectivity index (χ2n) is 5.80. The fraction of sp³-hybridized carbons (Fsp3) is 0.294. The second-order valence-corrected chi connectivity index (χ2v) is 8.52. The summed E-state index contributed by atoms with van der Waals surface area (Å²) in [5, 5.41) is 2.70. The second kappa shape index (κ2) is 7.83. The standard InChI is InChI=1S/C17H18BrN3O4S/c1-12-5-6-13(19-17(22)14-3-2-4-16(18)20-14)11-15(12)26(23,24)21-7-9-25-10-8-21/h2-6,11H,7-10H2,1H3,(H,19,22). The minimum absolute atomic E-state index is 0.180. The first-order chi connectivity index (χ1) is 12.4. The number of ether oxygens (including phenoxy) is 1. The lowest BCUT2D eigenvalue weighted by atomic mass is 10.2. The Labute approximate surface area is 160 Å². The third kappa shape index (κ3) is 4.12. The van der Waals surface area contributed by atoms with Crippen LogP contribution in [0, 0.1) is 6.92 Å². The van der Waals surface area contributed by atoms with E-state index in [0.29, 0.717) is 42.2 Å². The number of morpholine rings is 1. The highest BCUT2D eigenvalue weighted by atomic mass is 79.9. The predicted molar refractivity (Wildman–Crippen MR) is 101 cm³/mol. The smallest absolute Gasteiger partial charge is 0.274 e. The zero-order valence-corrected chi connectivity index (χ0v) is 16.5. The van der Waals surface area contributed by atoms with E-state index in [1.165, 1.54) is 10.4 Å². The molecule has 0 spiro atoms. The highest BCUT2D eigenvalue weighted by molar-refractivity contribution is 9.10. The Hall–Kier alpha value is -1.81. The van der Waals surface area contributed by atoms with E-state index in [2.05, 4.69) is 26.2 Å². The fourth-order valence-corrected chi connectivity index (χ4v) is 4.61. The predicted octanol–water partition coefficient (Wildman–Crippen LogP) is 2.43. The molecule has 3 rings (SSSR count). The van der Waals surface area contributed by atoms with Crippen molar-refractivity contribution >= 4 is 37.5 Å². The molecule has 1 aliphatic rings. The molecule has 9 heteroatoms. The molecule has 0 bridgehead atoms. The van der Waals surface area contributed by atoms with Crippen LogP contribution in [-0.2, 0) is 14.8 Å². The number of rotatable bonds is 4. The van der Waals surface area contributed by atoms with E-state index in [1.807, 2.05) is 0 Å². The van der Waals surface area contributed by atoms with Crippen LogP contribution in [0.3, 0.4) is 0 Å². The van der Waals surface area contributed by atoms with Crippen LogP contribution in [0.25, 0.3) is 0 Å². The summed E-state index contributed by atoms with van der Waals surface area (Å²) in [4.78, 5) is 16.6. The molecule has 1 aliphatic heterocycles. The summed E-state index contributed by atoms with van der Waals surface area (Å²) in [6.45, 7) is 3.13. The highest BCUT2D eigenvalue weighted by Gasteiger charge is 2.28. The van der Waals surface area contributed by atoms with Crippen LogP contribution in [0.1, 0.15) is 16.1 Å². The third-order valence-electron chi connectivity index (χ3n) is 3.98. The van der Waals surface area contributed by atoms with Crippen molar-refractivity contribution in [2.45, 2.75) is 11.8 Å². The molecule has 1 aromatic carbocycles. The van der Waals surface area contributed by atoms with Gasteiger partial charge in [0.05, 0.1) is 18.1 Å². The van der Waals surface area contributed by atoms with Crippen molar-refractivity contribution in [1.82, 2.24) is 9.29 Å². The number of carbonyl (C=O) groups excluding carboxylic acids is 1. The number of pyridine rings is 1. The molecule has 0 radical (unpaired) electrons. The van der Waals surface area contributed by atoms with Gasteiger partial charge in [0.15, 0.2) is 0 Å². The molecule has 1 fully saturated rings. The number of amides is 1. The van der Waals surface area contributed by atoms with Gasteiger partial charge in [-0.15, -0.1) is 0 Å². The van der Waals surface area contributed by atoms with Crippen LogP contribution >= 0.6 is 15.9 Å². The van der Waals surface area contributed by atoms with Crippen molar-refractivity contribution in [2.24, 2.45) is 0 Å². The van der Waals surface area contributed by atoms with Gasteiger partial charge in [-0.1, -0.05) is 12.1 Å². The van der Waals surface area contributed by atoms with Crippen LogP contribution in [0.5, 0.6) is 0 Å². The molecular formula is C17H18BrN3O4S. The zero-order chi connectivity index (χ0) is 18.7. The minimum Gasteiger partial charge on any atom is -0.379 e. The molecule has 2 aromatic rings. The van der Waals surface area contributed by atoms with E-state index in [0.717, 1.165) is 0 Å². The van der Waals surface area contributed by atoms with Gasteiger partial charge in [-0.3, -0.25) is 4.79 Å². The maximum Gasteiger partial charge on any atom is 0.274 e. The van der Waals surface area contributed by atoms with Crippen LogP contribution < -0.4 is 5.32 Å². The molecule has 7 nitrogen and oxygen atoms in total. The van der Waals surface area contributed by atoms with Crippen molar-refractivity contribution < 1.29 is 17.9 Å². The third-order valence-corrected chi connectivity index (χ3v) is 6.46. The first-order valence-electron chi connectivity index (χ1n) is 8.00. The average Bonchev–Trinajstić information content (AvgIpc) is 2.64. The van der Waals surface area contributed by atoms with Crippen molar-refractivity contribution in [3.8, 4) is 0 Å². The Balaban J connectivity index is 1.86. The molecular weight excluding hydrogens is 422 g/mol. The number of halogens is 1. The average molecular weight is 440 g/mol. The van der Waals surface area contributed by atoms with Gasteiger partial charge in [-0.05, 0) is 52.7 Å². The van der Waals surface area contributed by atoms with Gasteiger partial charge >= 0.3 is 0 Å². The van der Waals surface area contributed by atoms with E-state index < -0.39 is 15.9 Å². The molecule has 1 saturated heterocycles. The number of anilines is 1. The summed E-state index contributed by atoms with van der Waals surface area (Å²) < 4.78 is 33.0. The summed E-state index contributed by atoms with van der Waals surface area (Å²) in [6.07, 6.45) is 0. The Morgan fingerprint density at radius 1 is 1.23 bits per heavy atom. The minimum atomic E-state index is -3.64. The monoisotopic (exact) mass is 439 g/mol. The van der Waals surface area contributed by atoms with Crippen LogP contribution in [0.4, 0.5) is 5.69 Å². The number of hydrogen-bond donors (Lipinski definition) is 1. The van der Waals surface area contributed by atoms with E-state index >= 15 is 0 Å². The van der Waals surface area contributed by atoms with E-state index in [4.69, 9.17) is 4.74 Å². The molecule has 0 atom stereocenters. The Bertz CT molecular complexity index is 927. The number of hydrogen-bond acceptors (Lipinski definition) is 5. The number of carbonyl (C=O) groups is 1. The Kier molecular flexibility index (Phi) is 5.71. The molecule has 2 heterocycles. The molecule has 1 amide bonds. The van der Waals surface area contributed by atoms with Gasteiger partial charge in [-0.25, -0.2) is 13.4 Å². The maximum atomic E-state index is 12.9. The summed E-state index contributed by atoms with van der Waals surface area (Å²) in [6, 6.07) is 9.83. The van der Waals surface area contributed by atoms with Gasteiger partial charge < -0.3 is 10.1 Å². The molecule has 26 heavy (non-hydrogen) atoms. The van der Waals surface area contributed by atoms with Crippen LogP contribution in [0.2, 0.25) is 0 Å². The molecule has 138 valence electrons. The lowest BCUT2D eigenvalue weighted by molar-refractivity contribution is 0.0730. The topological polar surface area (TPSA) is 88.6 Å². The van der Waals surface area contributed by atoms with Crippen LogP contribution in [-0.4, -0.2) is 49.9 Å². The van der Waals surface area contributed by atoms with Crippen LogP contribution in [0.15, 0.2) is 45.9 Å². The first kappa shape index (κ1) is 19.0. The lowest BCUT2D eigenvalue weighted by Gasteiger charge is -2.26. The van der Waals surface area contributed by atoms with Gasteiger partial charge in [0.1, 0.15) is 10.3 Å². The van der Waals surface area contributed by atoms with Crippen molar-refractivity contribution in [3.63, 3.8) is 0 Å². The van der Waals surface area contributed by atoms with Gasteiger partial charge in [-0.2, -0.15) is 4.31 Å². The van der Waals surface area contributed by atoms with Gasteiger partial charge in [0.25, 0.3) is 5.91 Å². The van der Waals surface area contributed by atoms with E-state index in [9.17, 15) is 13.2 Å². The quantitative estimate of drug-likeness (QED) is 0.738. The van der Waals surface area contributed by atoms with Gasteiger partial charge in [0.2, 0.25) is 10.0 Å². The summed E-state index contributed by atoms with van der Waals surface area (Å²) in [5.41, 5.74) is 1.25. The number of sulfonamides is 1. The number of nitrogens with zero attached hydrogens (tertiary/aromatic N) is 2. The van der Waals surface area contributed by atoms with E-state index in [-0.39, 0.29) is 10.6 Å². The Morgan fingerprint density at radius 3 is 2.65 bits per heavy atom. The molecule has 0 saturated carbocycles. The van der Waals surface area contributed by atoms with Gasteiger partial charge in [0, 0.05) is 18.8 Å². The molecule has 0 aliphatic carbocycles. The normalized spacial score (nSPS) is 15.6. The SMILES string of the molecule is Cc1ccc(NC(=O)c2cccc(Br)n2)cc1S(=O)(=O)N1CCOCC1. The lowest BCUT2D eigenvalue weighted by Crippen LogP contribution is -2.40. The summed E-state index contributed by atoms with van der Waals surface area (Å²) >= 11 is 3.22. The van der Waals surface area contributed by atoms with E-state index in [1.54, 1.807) is 37.3 Å². The summed E-state index contributed by atoms with van der Waals surface area (Å²) in [7, 11) is -3.64. The molecule has 1 N–H and O–H groups in total. The van der Waals surface area contributed by atoms with Crippen molar-refractivity contribution in [1.29, 1.82) is 0 Å². The number of aryl methyl sites for hydroxylation is 1. The molecule has 0 unspecified atom stereocenters. The Morgan fingerprint density at radius 2 is 1.96 bits per heavy atom. The summed E-state index contributed by atoms with van der Waals surface area (Å²) in [5.74, 6) is -0.412. The van der Waals surface area contributed by atoms with Crippen molar-refractivity contribution in [3.05, 3.63) is 52.3 Å². The number of nitrogens with one attached hydrogen (secondary N) is 1. The zero-order valence-electron chi connectivity index (χ0n) is 14.1. The maximum absolute atomic E-state index is 12.9. The van der Waals surface area contributed by atoms with Crippen molar-refractivity contribution in [2.75, 3.05) is 31.6 Å². The highest BCUT2D eigenvalue weighted by Crippen LogP contribution is 2.24. The fourth-order valence-electron chi connectivity index (χ4n) is 2.61. The first-order valence-corrected chi connectivity index (χ1v) is 10.2.